The molecule has 92 valence electrons. The number of nitrogens with zero attached hydrogens (tertiary/aromatic N) is 1. The third-order valence-corrected chi connectivity index (χ3v) is 3.89. The molecular formula is C15H22N2. The Morgan fingerprint density at radius 2 is 1.82 bits per heavy atom. The van der Waals surface area contributed by atoms with Crippen molar-refractivity contribution in [2.75, 3.05) is 11.4 Å². The minimum absolute atomic E-state index is 0.141. The second kappa shape index (κ2) is 4.34. The minimum Gasteiger partial charge on any atom is -0.368 e. The fraction of sp³-hybridized carbons (Fsp3) is 0.600. The largest absolute Gasteiger partial charge is 0.368 e. The van der Waals surface area contributed by atoms with Gasteiger partial charge in [-0.15, -0.1) is 0 Å². The van der Waals surface area contributed by atoms with Gasteiger partial charge in [-0.2, -0.15) is 0 Å². The van der Waals surface area contributed by atoms with E-state index >= 15 is 0 Å². The molecule has 2 aliphatic carbocycles. The van der Waals surface area contributed by atoms with Gasteiger partial charge in [0.25, 0.3) is 0 Å². The van der Waals surface area contributed by atoms with Gasteiger partial charge in [0.1, 0.15) is 0 Å². The van der Waals surface area contributed by atoms with Crippen molar-refractivity contribution >= 4 is 5.69 Å². The molecule has 0 spiro atoms. The molecule has 2 saturated carbocycles. The first kappa shape index (κ1) is 11.1. The fourth-order valence-electron chi connectivity index (χ4n) is 2.40. The zero-order chi connectivity index (χ0) is 11.8. The summed E-state index contributed by atoms with van der Waals surface area (Å²) in [6, 6.07) is 9.82. The summed E-state index contributed by atoms with van der Waals surface area (Å²) in [6.45, 7) is 3.31. The standard InChI is InChI=1S/C15H22N2/c1-11(16)13-4-6-14(7-5-13)17(15-8-9-15)10-12-2-3-12/h4-7,11-12,15H,2-3,8-10,16H2,1H3. The summed E-state index contributed by atoms with van der Waals surface area (Å²) < 4.78 is 0. The molecule has 0 heterocycles. The van der Waals surface area contributed by atoms with E-state index in [0.29, 0.717) is 0 Å². The molecule has 3 rings (SSSR count). The maximum absolute atomic E-state index is 5.89. The molecule has 1 aromatic rings. The van der Waals surface area contributed by atoms with Crippen molar-refractivity contribution in [3.63, 3.8) is 0 Å². The second-order valence-electron chi connectivity index (χ2n) is 5.71. The van der Waals surface area contributed by atoms with Crippen molar-refractivity contribution < 1.29 is 0 Å². The number of rotatable bonds is 5. The Bertz CT molecular complexity index is 374. The van der Waals surface area contributed by atoms with Crippen molar-refractivity contribution in [3.8, 4) is 0 Å². The molecule has 17 heavy (non-hydrogen) atoms. The molecule has 0 aliphatic heterocycles. The minimum atomic E-state index is 0.141. The molecule has 1 aromatic carbocycles. The molecule has 0 saturated heterocycles. The van der Waals surface area contributed by atoms with Gasteiger partial charge in [-0.3, -0.25) is 0 Å². The van der Waals surface area contributed by atoms with Crippen LogP contribution in [-0.2, 0) is 0 Å². The van der Waals surface area contributed by atoms with E-state index in [1.54, 1.807) is 0 Å². The predicted molar refractivity (Wildman–Crippen MR) is 72.1 cm³/mol. The van der Waals surface area contributed by atoms with Crippen molar-refractivity contribution in [1.29, 1.82) is 0 Å². The van der Waals surface area contributed by atoms with Gasteiger partial charge >= 0.3 is 0 Å². The molecule has 0 radical (unpaired) electrons. The molecular weight excluding hydrogens is 208 g/mol. The number of benzene rings is 1. The number of hydrogen-bond acceptors (Lipinski definition) is 2. The van der Waals surface area contributed by atoms with Crippen LogP contribution in [0.2, 0.25) is 0 Å². The Hall–Kier alpha value is -1.02. The van der Waals surface area contributed by atoms with Gasteiger partial charge in [-0.05, 0) is 56.2 Å². The highest BCUT2D eigenvalue weighted by Crippen LogP contribution is 2.37. The van der Waals surface area contributed by atoms with Gasteiger partial charge in [0, 0.05) is 24.3 Å². The van der Waals surface area contributed by atoms with Crippen molar-refractivity contribution in [3.05, 3.63) is 29.8 Å². The Morgan fingerprint density at radius 3 is 2.29 bits per heavy atom. The zero-order valence-corrected chi connectivity index (χ0v) is 10.6. The van der Waals surface area contributed by atoms with Crippen molar-refractivity contribution in [1.82, 2.24) is 0 Å². The monoisotopic (exact) mass is 230 g/mol. The lowest BCUT2D eigenvalue weighted by atomic mass is 10.1. The number of hydrogen-bond donors (Lipinski definition) is 1. The SMILES string of the molecule is CC(N)c1ccc(N(CC2CC2)C2CC2)cc1. The van der Waals surface area contributed by atoms with Gasteiger partial charge in [0.2, 0.25) is 0 Å². The van der Waals surface area contributed by atoms with E-state index in [1.807, 2.05) is 6.92 Å². The number of nitrogens with two attached hydrogens (primary N) is 1. The molecule has 0 bridgehead atoms. The quantitative estimate of drug-likeness (QED) is 0.842. The topological polar surface area (TPSA) is 29.3 Å². The smallest absolute Gasteiger partial charge is 0.0369 e. The molecule has 2 N–H and O–H groups in total. The Balaban J connectivity index is 1.75. The Kier molecular flexibility index (Phi) is 2.83. The number of anilines is 1. The van der Waals surface area contributed by atoms with Crippen LogP contribution in [-0.4, -0.2) is 12.6 Å². The van der Waals surface area contributed by atoms with E-state index in [1.165, 1.54) is 43.5 Å². The van der Waals surface area contributed by atoms with Crippen LogP contribution < -0.4 is 10.6 Å². The van der Waals surface area contributed by atoms with Crippen LogP contribution in [0.4, 0.5) is 5.69 Å². The van der Waals surface area contributed by atoms with Gasteiger partial charge in [0.05, 0.1) is 0 Å². The summed E-state index contributed by atoms with van der Waals surface area (Å²) in [4.78, 5) is 2.61. The predicted octanol–water partition coefficient (Wildman–Crippen LogP) is 3.09. The van der Waals surface area contributed by atoms with E-state index in [4.69, 9.17) is 5.73 Å². The van der Waals surface area contributed by atoms with E-state index < -0.39 is 0 Å². The highest BCUT2D eigenvalue weighted by atomic mass is 15.2. The summed E-state index contributed by atoms with van der Waals surface area (Å²) in [5, 5.41) is 0. The molecule has 2 heteroatoms. The first-order valence-electron chi connectivity index (χ1n) is 6.86. The van der Waals surface area contributed by atoms with Crippen molar-refractivity contribution in [2.24, 2.45) is 11.7 Å². The summed E-state index contributed by atoms with van der Waals surface area (Å²) in [5.74, 6) is 0.962. The van der Waals surface area contributed by atoms with Crippen LogP contribution in [0, 0.1) is 5.92 Å². The van der Waals surface area contributed by atoms with Gasteiger partial charge < -0.3 is 10.6 Å². The van der Waals surface area contributed by atoms with Crippen LogP contribution >= 0.6 is 0 Å². The second-order valence-corrected chi connectivity index (χ2v) is 5.71. The van der Waals surface area contributed by atoms with Crippen molar-refractivity contribution in [2.45, 2.75) is 44.7 Å². The van der Waals surface area contributed by atoms with Crippen LogP contribution in [0.15, 0.2) is 24.3 Å². The summed E-state index contributed by atoms with van der Waals surface area (Å²) in [6.07, 6.45) is 5.62. The summed E-state index contributed by atoms with van der Waals surface area (Å²) >= 11 is 0. The van der Waals surface area contributed by atoms with E-state index in [-0.39, 0.29) is 6.04 Å². The average Bonchev–Trinajstić information content (AvgIpc) is 3.18. The third kappa shape index (κ3) is 2.63. The van der Waals surface area contributed by atoms with E-state index in [2.05, 4.69) is 29.2 Å². The fourth-order valence-corrected chi connectivity index (χ4v) is 2.40. The molecule has 2 nitrogen and oxygen atoms in total. The molecule has 2 aliphatic rings. The normalized spacial score (nSPS) is 21.3. The Morgan fingerprint density at radius 1 is 1.18 bits per heavy atom. The highest BCUT2D eigenvalue weighted by molar-refractivity contribution is 5.50. The highest BCUT2D eigenvalue weighted by Gasteiger charge is 2.33. The summed E-state index contributed by atoms with van der Waals surface area (Å²) in [7, 11) is 0. The third-order valence-electron chi connectivity index (χ3n) is 3.89. The van der Waals surface area contributed by atoms with Crippen LogP contribution in [0.3, 0.4) is 0 Å². The van der Waals surface area contributed by atoms with Crippen LogP contribution in [0.25, 0.3) is 0 Å². The first-order valence-corrected chi connectivity index (χ1v) is 6.86. The molecule has 0 aromatic heterocycles. The lowest BCUT2D eigenvalue weighted by molar-refractivity contribution is 0.718. The van der Waals surface area contributed by atoms with Gasteiger partial charge in [0.15, 0.2) is 0 Å². The lowest BCUT2D eigenvalue weighted by Crippen LogP contribution is -2.27. The molecule has 1 atom stereocenters. The zero-order valence-electron chi connectivity index (χ0n) is 10.6. The molecule has 1 unspecified atom stereocenters. The maximum atomic E-state index is 5.89. The molecule has 0 amide bonds. The molecule has 2 fully saturated rings. The lowest BCUT2D eigenvalue weighted by Gasteiger charge is -2.25. The van der Waals surface area contributed by atoms with E-state index in [9.17, 15) is 0 Å². The van der Waals surface area contributed by atoms with Gasteiger partial charge in [-0.1, -0.05) is 12.1 Å². The Labute approximate surface area is 104 Å². The first-order chi connectivity index (χ1) is 8.24. The summed E-state index contributed by atoms with van der Waals surface area (Å²) in [5.41, 5.74) is 8.51. The van der Waals surface area contributed by atoms with Crippen LogP contribution in [0.5, 0.6) is 0 Å². The van der Waals surface area contributed by atoms with E-state index in [0.717, 1.165) is 12.0 Å². The van der Waals surface area contributed by atoms with Crippen LogP contribution in [0.1, 0.15) is 44.2 Å². The maximum Gasteiger partial charge on any atom is 0.0369 e. The van der Waals surface area contributed by atoms with Gasteiger partial charge in [-0.25, -0.2) is 0 Å². The average molecular weight is 230 g/mol.